The summed E-state index contributed by atoms with van der Waals surface area (Å²) in [7, 11) is 1.12. The van der Waals surface area contributed by atoms with Gasteiger partial charge in [0.05, 0.1) is 20.0 Å². The van der Waals surface area contributed by atoms with Crippen LogP contribution in [-0.2, 0) is 9.53 Å². The zero-order valence-corrected chi connectivity index (χ0v) is 17.4. The summed E-state index contributed by atoms with van der Waals surface area (Å²) in [5.74, 6) is 2.92. The normalized spacial score (nSPS) is 16.5. The van der Waals surface area contributed by atoms with E-state index in [4.69, 9.17) is 18.6 Å². The minimum Gasteiger partial charge on any atom is -0.490 e. The van der Waals surface area contributed by atoms with Gasteiger partial charge in [-0.3, -0.25) is 0 Å². The van der Waals surface area contributed by atoms with Gasteiger partial charge in [0.2, 0.25) is 5.75 Å². The van der Waals surface area contributed by atoms with Gasteiger partial charge in [0.15, 0.2) is 11.3 Å². The Labute approximate surface area is 165 Å². The van der Waals surface area contributed by atoms with E-state index in [2.05, 4.69) is 30.7 Å². The minimum atomic E-state index is -0.454. The van der Waals surface area contributed by atoms with E-state index >= 15 is 0 Å². The third-order valence-corrected chi connectivity index (χ3v) is 5.92. The number of ether oxygens (including phenoxy) is 3. The first kappa shape index (κ1) is 20.1. The number of fused-ring (bicyclic) bond motifs is 1. The highest BCUT2D eigenvalue weighted by Crippen LogP contribution is 2.40. The second kappa shape index (κ2) is 9.52. The largest absolute Gasteiger partial charge is 0.490 e. The Morgan fingerprint density at radius 1 is 1.36 bits per heavy atom. The van der Waals surface area contributed by atoms with E-state index in [9.17, 15) is 4.79 Å². The second-order valence-corrected chi connectivity index (χ2v) is 8.84. The number of methoxy groups -OCH3 is 1. The van der Waals surface area contributed by atoms with Crippen LogP contribution in [0.1, 0.15) is 12.5 Å². The second-order valence-electron chi connectivity index (χ2n) is 6.40. The number of carbonyl (C=O) groups is 1. The van der Waals surface area contributed by atoms with Gasteiger partial charge < -0.3 is 18.6 Å². The summed E-state index contributed by atoms with van der Waals surface area (Å²) in [4.78, 5) is 11.8. The first-order chi connectivity index (χ1) is 13.6. The molecule has 148 valence electrons. The summed E-state index contributed by atoms with van der Waals surface area (Å²) in [6.07, 6.45) is 12.2. The number of esters is 1. The average Bonchev–Trinajstić information content (AvgIpc) is 3.05. The Morgan fingerprint density at radius 2 is 2.21 bits per heavy atom. The van der Waals surface area contributed by atoms with Gasteiger partial charge in [0.1, 0.15) is 6.61 Å². The van der Waals surface area contributed by atoms with Crippen LogP contribution in [0.15, 0.2) is 52.7 Å². The van der Waals surface area contributed by atoms with Gasteiger partial charge in [0.25, 0.3) is 0 Å². The summed E-state index contributed by atoms with van der Waals surface area (Å²) in [6.45, 7) is 4.77. The highest BCUT2D eigenvalue weighted by atomic mass is 31.1. The molecule has 0 bridgehead atoms. The lowest BCUT2D eigenvalue weighted by Gasteiger charge is -2.14. The van der Waals surface area contributed by atoms with Crippen molar-refractivity contribution in [1.82, 2.24) is 0 Å². The molecule has 2 heterocycles. The van der Waals surface area contributed by atoms with Crippen molar-refractivity contribution in [1.29, 1.82) is 0 Å². The summed E-state index contributed by atoms with van der Waals surface area (Å²) >= 11 is 0. The Kier molecular flexibility index (Phi) is 6.83. The molecule has 28 heavy (non-hydrogen) atoms. The SMILES string of the molecule is CCOC(=O)/C=C/c1cc2ccoc2c(OC)c1OCC1=CC=[PH](C)CC=C1. The quantitative estimate of drug-likeness (QED) is 0.388. The van der Waals surface area contributed by atoms with Crippen LogP contribution in [-0.4, -0.2) is 44.9 Å². The molecule has 0 spiro atoms. The van der Waals surface area contributed by atoms with Crippen LogP contribution in [0.5, 0.6) is 11.5 Å². The molecule has 1 unspecified atom stereocenters. The predicted octanol–water partition coefficient (Wildman–Crippen LogP) is 4.54. The van der Waals surface area contributed by atoms with Crippen molar-refractivity contribution in [3.8, 4) is 11.5 Å². The van der Waals surface area contributed by atoms with E-state index in [1.54, 1.807) is 26.4 Å². The van der Waals surface area contributed by atoms with E-state index in [1.165, 1.54) is 6.08 Å². The molecule has 5 nitrogen and oxygen atoms in total. The van der Waals surface area contributed by atoms with Crippen molar-refractivity contribution in [2.45, 2.75) is 6.92 Å². The van der Waals surface area contributed by atoms with Crippen LogP contribution in [0.4, 0.5) is 0 Å². The summed E-state index contributed by atoms with van der Waals surface area (Å²) in [6, 6.07) is 3.75. The molecular formula is C22H25O5P. The number of carbonyl (C=O) groups excluding carboxylic acids is 1. The highest BCUT2D eigenvalue weighted by Gasteiger charge is 2.17. The maximum Gasteiger partial charge on any atom is 0.330 e. The number of hydrogen-bond acceptors (Lipinski definition) is 5. The number of rotatable bonds is 7. The molecule has 1 aliphatic rings. The molecule has 0 N–H and O–H groups in total. The monoisotopic (exact) mass is 400 g/mol. The third-order valence-electron chi connectivity index (χ3n) is 4.31. The van der Waals surface area contributed by atoms with Gasteiger partial charge in [-0.15, -0.1) is 7.55 Å². The molecule has 0 aliphatic carbocycles. The molecular weight excluding hydrogens is 375 g/mol. The van der Waals surface area contributed by atoms with Crippen molar-refractivity contribution in [2.75, 3.05) is 33.2 Å². The van der Waals surface area contributed by atoms with Crippen LogP contribution in [0.25, 0.3) is 17.0 Å². The molecule has 0 radical (unpaired) electrons. The fourth-order valence-electron chi connectivity index (χ4n) is 2.91. The van der Waals surface area contributed by atoms with Crippen LogP contribution in [0, 0.1) is 0 Å². The zero-order chi connectivity index (χ0) is 19.9. The molecule has 0 fully saturated rings. The molecule has 1 aliphatic heterocycles. The van der Waals surface area contributed by atoms with E-state index in [0.717, 1.165) is 22.7 Å². The first-order valence-corrected chi connectivity index (χ1v) is 11.5. The molecule has 1 aromatic heterocycles. The van der Waals surface area contributed by atoms with Crippen molar-refractivity contribution in [2.24, 2.45) is 0 Å². The Balaban J connectivity index is 1.95. The molecule has 0 saturated carbocycles. The van der Waals surface area contributed by atoms with E-state index in [0.29, 0.717) is 30.3 Å². The molecule has 1 atom stereocenters. The number of furan rings is 1. The van der Waals surface area contributed by atoms with Crippen LogP contribution < -0.4 is 9.47 Å². The predicted molar refractivity (Wildman–Crippen MR) is 116 cm³/mol. The Bertz CT molecular complexity index is 978. The van der Waals surface area contributed by atoms with E-state index in [1.807, 2.05) is 12.1 Å². The maximum atomic E-state index is 11.8. The number of allylic oxidation sites excluding steroid dienone is 2. The van der Waals surface area contributed by atoms with Gasteiger partial charge in [-0.1, -0.05) is 24.0 Å². The van der Waals surface area contributed by atoms with Crippen LogP contribution in [0.2, 0.25) is 0 Å². The van der Waals surface area contributed by atoms with Gasteiger partial charge in [-0.2, -0.15) is 0 Å². The van der Waals surface area contributed by atoms with E-state index in [-0.39, 0.29) is 0 Å². The molecule has 6 heteroatoms. The molecule has 3 rings (SSSR count). The molecule has 2 aromatic rings. The maximum absolute atomic E-state index is 11.8. The zero-order valence-electron chi connectivity index (χ0n) is 16.4. The molecule has 0 amide bonds. The lowest BCUT2D eigenvalue weighted by atomic mass is 10.1. The highest BCUT2D eigenvalue weighted by molar-refractivity contribution is 7.57. The minimum absolute atomic E-state index is 0.328. The van der Waals surface area contributed by atoms with Crippen molar-refractivity contribution >= 4 is 36.4 Å². The van der Waals surface area contributed by atoms with Crippen molar-refractivity contribution in [3.63, 3.8) is 0 Å². The summed E-state index contributed by atoms with van der Waals surface area (Å²) in [5, 5.41) is 0.868. The van der Waals surface area contributed by atoms with Crippen LogP contribution in [0.3, 0.4) is 0 Å². The van der Waals surface area contributed by atoms with Crippen molar-refractivity contribution in [3.05, 3.63) is 53.8 Å². The first-order valence-electron chi connectivity index (χ1n) is 9.21. The number of benzene rings is 1. The fraction of sp³-hybridized carbons (Fsp3) is 0.273. The van der Waals surface area contributed by atoms with Crippen molar-refractivity contribution < 1.29 is 23.4 Å². The summed E-state index contributed by atoms with van der Waals surface area (Å²) < 4.78 is 22.3. The van der Waals surface area contributed by atoms with E-state index < -0.39 is 13.5 Å². The van der Waals surface area contributed by atoms with Gasteiger partial charge in [-0.25, -0.2) is 4.79 Å². The molecule has 1 aromatic carbocycles. The smallest absolute Gasteiger partial charge is 0.330 e. The van der Waals surface area contributed by atoms with Crippen LogP contribution >= 0.6 is 7.55 Å². The summed E-state index contributed by atoms with van der Waals surface area (Å²) in [5.41, 5.74) is 2.42. The Hall–Kier alpha value is -2.65. The third kappa shape index (κ3) is 4.79. The lowest BCUT2D eigenvalue weighted by Crippen LogP contribution is -2.04. The standard InChI is InChI=1S/C22H25O5P/c1-4-25-19(23)8-7-17-14-18-9-11-26-20(18)22(24-2)21(17)27-15-16-6-5-12-28(3)13-10-16/h5-11,13-14,28H,4,12,15H2,1-3H3/b8-7+. The topological polar surface area (TPSA) is 57.9 Å². The van der Waals surface area contributed by atoms with Gasteiger partial charge in [0, 0.05) is 17.0 Å². The Morgan fingerprint density at radius 3 is 3.00 bits per heavy atom. The average molecular weight is 400 g/mol. The fourth-order valence-corrected chi connectivity index (χ4v) is 4.04. The van der Waals surface area contributed by atoms with Gasteiger partial charge in [-0.05, 0) is 43.5 Å². The number of hydrogen-bond donors (Lipinski definition) is 0. The molecule has 0 saturated heterocycles. The van der Waals surface area contributed by atoms with Gasteiger partial charge >= 0.3 is 5.97 Å². The lowest BCUT2D eigenvalue weighted by molar-refractivity contribution is -0.137.